The Labute approximate surface area is 124 Å². The van der Waals surface area contributed by atoms with Crippen molar-refractivity contribution in [2.45, 2.75) is 13.8 Å². The topological polar surface area (TPSA) is 52.9 Å². The molecule has 0 amide bonds. The van der Waals surface area contributed by atoms with Crippen LogP contribution in [0, 0.1) is 18.0 Å². The third kappa shape index (κ3) is 6.16. The van der Waals surface area contributed by atoms with Gasteiger partial charge in [-0.2, -0.15) is 16.8 Å². The molecule has 0 N–H and O–H groups in total. The summed E-state index contributed by atoms with van der Waals surface area (Å²) in [5.74, 6) is 0. The van der Waals surface area contributed by atoms with Gasteiger partial charge in [-0.1, -0.05) is 0 Å². The third-order valence-corrected chi connectivity index (χ3v) is 3.04. The van der Waals surface area contributed by atoms with Crippen molar-refractivity contribution in [1.82, 2.24) is 0 Å². The summed E-state index contributed by atoms with van der Waals surface area (Å²) in [5, 5.41) is 12.0. The zero-order chi connectivity index (χ0) is 14.0. The van der Waals surface area contributed by atoms with E-state index in [0.29, 0.717) is 11.4 Å². The van der Waals surface area contributed by atoms with Gasteiger partial charge < -0.3 is 0 Å². The van der Waals surface area contributed by atoms with Crippen LogP contribution in [-0.2, 0) is 13.1 Å². The summed E-state index contributed by atoms with van der Waals surface area (Å²) in [6.45, 7) is 10.2. The summed E-state index contributed by atoms with van der Waals surface area (Å²) in [5.41, 5.74) is 1.37. The van der Waals surface area contributed by atoms with Gasteiger partial charge in [0.1, 0.15) is 5.71 Å². The van der Waals surface area contributed by atoms with Crippen LogP contribution in [0.1, 0.15) is 23.6 Å². The average Bonchev–Trinajstić information content (AvgIpc) is 2.80. The van der Waals surface area contributed by atoms with Gasteiger partial charge in [-0.25, -0.2) is 0 Å². The molecule has 96 valence electrons. The fraction of sp³-hybridized carbons (Fsp3) is 0.200. The molecule has 0 aliphatic carbocycles. The van der Waals surface area contributed by atoms with Gasteiger partial charge in [-0.05, 0) is 26.0 Å². The van der Waals surface area contributed by atoms with E-state index < -0.39 is 0 Å². The Bertz CT molecular complexity index is 480. The van der Waals surface area contributed by atoms with Crippen LogP contribution in [0.2, 0.25) is 0 Å². The number of nitriles is 1. The molecule has 0 saturated carbocycles. The van der Waals surface area contributed by atoms with Crippen molar-refractivity contribution in [3.63, 3.8) is 0 Å². The zero-order valence-electron chi connectivity index (χ0n) is 9.46. The van der Waals surface area contributed by atoms with Crippen LogP contribution >= 0.6 is 31.5 Å². The van der Waals surface area contributed by atoms with Gasteiger partial charge in [0.15, 0.2) is 0 Å². The van der Waals surface area contributed by atoms with Gasteiger partial charge >= 0.3 is 33.3 Å². The van der Waals surface area contributed by atoms with Gasteiger partial charge in [-0.15, -0.1) is 16.3 Å². The summed E-state index contributed by atoms with van der Waals surface area (Å²) < 4.78 is 0. The molecule has 1 rings (SSSR count). The van der Waals surface area contributed by atoms with Gasteiger partial charge in [0, 0.05) is 4.88 Å². The first kappa shape index (κ1) is 17.1. The quantitative estimate of drug-likeness (QED) is 0.263. The number of rotatable bonds is 2. The third-order valence-electron chi connectivity index (χ3n) is 1.74. The van der Waals surface area contributed by atoms with E-state index in [-0.39, 0.29) is 13.1 Å². The predicted molar refractivity (Wildman–Crippen MR) is 72.7 cm³/mol. The molecule has 0 aliphatic rings. The molecule has 0 unspecified atom stereocenters. The fourth-order valence-electron chi connectivity index (χ4n) is 0.981. The normalized spacial score (nSPS) is 11.2. The molecular formula is C10H8Cl2FeN4S. The molecule has 0 radical (unpaired) electrons. The Balaban J connectivity index is 0.000000873. The Kier molecular flexibility index (Phi) is 9.59. The van der Waals surface area contributed by atoms with E-state index in [0.717, 1.165) is 9.75 Å². The number of nitrogens with zero attached hydrogens (tertiary/aromatic N) is 4. The molecule has 0 saturated heterocycles. The van der Waals surface area contributed by atoms with Crippen LogP contribution in [0.25, 0.3) is 4.95 Å². The van der Waals surface area contributed by atoms with Gasteiger partial charge in [-0.3, -0.25) is 0 Å². The van der Waals surface area contributed by atoms with Crippen molar-refractivity contribution >= 4 is 43.0 Å². The zero-order valence-corrected chi connectivity index (χ0v) is 12.9. The van der Waals surface area contributed by atoms with Crippen LogP contribution < -0.4 is 0 Å². The second-order valence-electron chi connectivity index (χ2n) is 2.80. The Morgan fingerprint density at radius 2 is 1.89 bits per heavy atom. The first-order valence-corrected chi connectivity index (χ1v) is 8.26. The molecule has 0 fully saturated rings. The van der Waals surface area contributed by atoms with E-state index in [1.165, 1.54) is 11.3 Å². The summed E-state index contributed by atoms with van der Waals surface area (Å²) in [7, 11) is 9.53. The summed E-state index contributed by atoms with van der Waals surface area (Å²) in [6, 6.07) is 3.75. The molecule has 0 spiro atoms. The van der Waals surface area contributed by atoms with Crippen molar-refractivity contribution in [3.05, 3.63) is 33.4 Å². The summed E-state index contributed by atoms with van der Waals surface area (Å²) in [6.07, 6.45) is 1.75. The fourth-order valence-corrected chi connectivity index (χ4v) is 1.87. The molecule has 1 heterocycles. The Hall–Kier alpha value is -0.881. The second kappa shape index (κ2) is 10.1. The Morgan fingerprint density at radius 1 is 1.39 bits per heavy atom. The number of hydrogen-bond donors (Lipinski definition) is 0. The summed E-state index contributed by atoms with van der Waals surface area (Å²) in [4.78, 5) is 8.46. The van der Waals surface area contributed by atoms with Crippen molar-refractivity contribution in [3.8, 4) is 6.19 Å². The van der Waals surface area contributed by atoms with Crippen LogP contribution in [0.5, 0.6) is 0 Å². The van der Waals surface area contributed by atoms with Crippen LogP contribution in [0.4, 0.5) is 0 Å². The van der Waals surface area contributed by atoms with Crippen molar-refractivity contribution in [2.24, 2.45) is 10.1 Å². The molecule has 4 nitrogen and oxygen atoms in total. The monoisotopic (exact) mass is 342 g/mol. The maximum atomic E-state index is 8.40. The average molecular weight is 343 g/mol. The molecule has 0 atom stereocenters. The minimum atomic E-state index is 0.194. The number of halogens is 2. The molecule has 0 bridgehead atoms. The van der Waals surface area contributed by atoms with Gasteiger partial charge in [0.25, 0.3) is 0 Å². The molecular weight excluding hydrogens is 335 g/mol. The molecule has 1 aromatic heterocycles. The van der Waals surface area contributed by atoms with Gasteiger partial charge in [0.05, 0.1) is 15.7 Å². The minimum absolute atomic E-state index is 0.194. The van der Waals surface area contributed by atoms with E-state index >= 15 is 0 Å². The molecule has 0 aromatic carbocycles. The van der Waals surface area contributed by atoms with Crippen molar-refractivity contribution in [2.75, 3.05) is 0 Å². The first-order chi connectivity index (χ1) is 8.60. The van der Waals surface area contributed by atoms with Crippen molar-refractivity contribution in [1.29, 1.82) is 5.26 Å². The molecule has 18 heavy (non-hydrogen) atoms. The van der Waals surface area contributed by atoms with E-state index in [1.807, 2.05) is 12.1 Å². The van der Waals surface area contributed by atoms with E-state index in [1.54, 1.807) is 20.0 Å². The van der Waals surface area contributed by atoms with Crippen LogP contribution in [-0.4, -0.2) is 11.4 Å². The standard InChI is InChI=1S/C10H8N4S.2ClH.Fe/c1-7(13-6-11)9-4-5-10(15-9)8(2)14-12-3;;;/h4-5H,1-2H3;2*1H;/q;;;+2/p-2/b13-7?,14-8+;;;. The van der Waals surface area contributed by atoms with E-state index in [2.05, 4.69) is 15.0 Å². The van der Waals surface area contributed by atoms with Crippen molar-refractivity contribution < 1.29 is 13.1 Å². The number of hydrogen-bond acceptors (Lipinski definition) is 4. The Morgan fingerprint density at radius 3 is 2.33 bits per heavy atom. The van der Waals surface area contributed by atoms with Gasteiger partial charge in [0.2, 0.25) is 6.19 Å². The SMILES string of the molecule is [C-]#[N+]/N=C(\C)c1ccc(C(C)=NC#N)s1.[Cl][Fe][Cl]. The number of thiophene rings is 1. The second-order valence-corrected chi connectivity index (χ2v) is 5.70. The predicted octanol–water partition coefficient (Wildman–Crippen LogP) is 4.06. The van der Waals surface area contributed by atoms with E-state index in [4.69, 9.17) is 32.0 Å². The first-order valence-electron chi connectivity index (χ1n) is 4.40. The number of aliphatic imine (C=N–C) groups is 1. The van der Waals surface area contributed by atoms with E-state index in [9.17, 15) is 0 Å². The molecule has 0 aliphatic heterocycles. The van der Waals surface area contributed by atoms with Crippen LogP contribution in [0.15, 0.2) is 22.2 Å². The molecule has 8 heteroatoms. The summed E-state index contributed by atoms with van der Waals surface area (Å²) >= 11 is 1.67. The maximum absolute atomic E-state index is 8.40. The molecule has 1 aromatic rings. The van der Waals surface area contributed by atoms with Crippen LogP contribution in [0.3, 0.4) is 0 Å².